The van der Waals surface area contributed by atoms with E-state index in [9.17, 15) is 4.39 Å². The van der Waals surface area contributed by atoms with Crippen LogP contribution in [0.5, 0.6) is 0 Å². The molecule has 2 aromatic rings. The molecule has 0 amide bonds. The van der Waals surface area contributed by atoms with Crippen molar-refractivity contribution in [2.75, 3.05) is 10.0 Å². The van der Waals surface area contributed by atoms with Gasteiger partial charge in [-0.1, -0.05) is 61.8 Å². The summed E-state index contributed by atoms with van der Waals surface area (Å²) in [5.74, 6) is -0.259. The number of thiocarbonyl (C=S) groups is 1. The zero-order valence-electron chi connectivity index (χ0n) is 13.1. The van der Waals surface area contributed by atoms with Crippen molar-refractivity contribution in [1.82, 2.24) is 0 Å². The standard InChI is InChI=1S/C19H21FN2S/c20-18-13-7-8-14-19(18)21(15-23)22(16-9-3-1-4-10-16)17-11-5-2-6-12-17/h1,3-4,7-10,13-15,17H,2,5-6,11-12H2. The molecule has 0 bridgehead atoms. The van der Waals surface area contributed by atoms with E-state index >= 15 is 0 Å². The number of benzene rings is 2. The van der Waals surface area contributed by atoms with Crippen LogP contribution in [0.25, 0.3) is 0 Å². The van der Waals surface area contributed by atoms with Gasteiger partial charge in [0, 0.05) is 0 Å². The van der Waals surface area contributed by atoms with Crippen molar-refractivity contribution < 1.29 is 4.39 Å². The number of para-hydroxylation sites is 2. The lowest BCUT2D eigenvalue weighted by Crippen LogP contribution is -2.49. The lowest BCUT2D eigenvalue weighted by molar-refractivity contribution is 0.417. The lowest BCUT2D eigenvalue weighted by Gasteiger charge is -2.42. The van der Waals surface area contributed by atoms with Crippen LogP contribution < -0.4 is 10.0 Å². The quantitative estimate of drug-likeness (QED) is 0.540. The van der Waals surface area contributed by atoms with E-state index in [-0.39, 0.29) is 5.82 Å². The summed E-state index contributed by atoms with van der Waals surface area (Å²) in [6.07, 6.45) is 5.88. The second kappa shape index (κ2) is 7.55. The van der Waals surface area contributed by atoms with Gasteiger partial charge >= 0.3 is 0 Å². The number of rotatable bonds is 5. The Bertz CT molecular complexity index is 641. The second-order valence-electron chi connectivity index (χ2n) is 5.87. The van der Waals surface area contributed by atoms with Gasteiger partial charge in [0.15, 0.2) is 0 Å². The van der Waals surface area contributed by atoms with E-state index in [1.807, 2.05) is 24.3 Å². The molecule has 0 unspecified atom stereocenters. The summed E-state index contributed by atoms with van der Waals surface area (Å²) in [4.78, 5) is 0. The third-order valence-corrected chi connectivity index (χ3v) is 4.57. The molecule has 0 spiro atoms. The molecule has 3 rings (SSSR count). The van der Waals surface area contributed by atoms with Crippen LogP contribution in [0, 0.1) is 5.82 Å². The first-order valence-corrected chi connectivity index (χ1v) is 8.61. The molecule has 2 nitrogen and oxygen atoms in total. The van der Waals surface area contributed by atoms with Crippen LogP contribution in [0.4, 0.5) is 15.8 Å². The molecule has 1 saturated carbocycles. The molecule has 0 N–H and O–H groups in total. The van der Waals surface area contributed by atoms with Gasteiger partial charge in [0.25, 0.3) is 0 Å². The van der Waals surface area contributed by atoms with Crippen LogP contribution in [0.15, 0.2) is 54.6 Å². The first kappa shape index (κ1) is 15.9. The fourth-order valence-corrected chi connectivity index (χ4v) is 3.49. The van der Waals surface area contributed by atoms with Gasteiger partial charge in [-0.25, -0.2) is 9.40 Å². The van der Waals surface area contributed by atoms with Gasteiger partial charge in [-0.05, 0) is 37.1 Å². The number of hydrogen-bond donors (Lipinski definition) is 0. The van der Waals surface area contributed by atoms with Gasteiger partial charge in [0.1, 0.15) is 5.82 Å². The van der Waals surface area contributed by atoms with Gasteiger partial charge in [-0.2, -0.15) is 0 Å². The SMILES string of the molecule is Fc1ccccc1N(C=S)N(c1ccccc1)C1CCCCC1. The summed E-state index contributed by atoms with van der Waals surface area (Å²) in [5.41, 5.74) is 3.08. The molecular weight excluding hydrogens is 307 g/mol. The zero-order chi connectivity index (χ0) is 16.1. The van der Waals surface area contributed by atoms with Crippen molar-refractivity contribution in [3.8, 4) is 0 Å². The minimum Gasteiger partial charge on any atom is -0.277 e. The largest absolute Gasteiger partial charge is 0.277 e. The highest BCUT2D eigenvalue weighted by molar-refractivity contribution is 7.79. The summed E-state index contributed by atoms with van der Waals surface area (Å²) >= 11 is 5.25. The summed E-state index contributed by atoms with van der Waals surface area (Å²) in [7, 11) is 0. The van der Waals surface area contributed by atoms with E-state index in [2.05, 4.69) is 17.1 Å². The Morgan fingerprint density at radius 1 is 0.913 bits per heavy atom. The van der Waals surface area contributed by atoms with Gasteiger partial charge < -0.3 is 0 Å². The van der Waals surface area contributed by atoms with Crippen LogP contribution in [0.2, 0.25) is 0 Å². The first-order valence-electron chi connectivity index (χ1n) is 8.14. The summed E-state index contributed by atoms with van der Waals surface area (Å²) < 4.78 is 14.3. The molecule has 0 saturated heterocycles. The zero-order valence-corrected chi connectivity index (χ0v) is 13.9. The molecule has 0 aromatic heterocycles. The fourth-order valence-electron chi connectivity index (χ4n) is 3.28. The highest BCUT2D eigenvalue weighted by Crippen LogP contribution is 2.31. The van der Waals surface area contributed by atoms with Gasteiger partial charge in [0.05, 0.1) is 22.9 Å². The predicted molar refractivity (Wildman–Crippen MR) is 98.3 cm³/mol. The highest BCUT2D eigenvalue weighted by atomic mass is 32.1. The number of halogens is 1. The molecule has 0 atom stereocenters. The van der Waals surface area contributed by atoms with Crippen molar-refractivity contribution in [3.05, 3.63) is 60.4 Å². The van der Waals surface area contributed by atoms with Gasteiger partial charge in [-0.15, -0.1) is 0 Å². The number of nitrogens with zero attached hydrogens (tertiary/aromatic N) is 2. The van der Waals surface area contributed by atoms with Crippen molar-refractivity contribution >= 4 is 29.1 Å². The maximum Gasteiger partial charge on any atom is 0.148 e. The summed E-state index contributed by atoms with van der Waals surface area (Å²) in [6.45, 7) is 0. The Morgan fingerprint density at radius 3 is 2.22 bits per heavy atom. The molecule has 23 heavy (non-hydrogen) atoms. The number of anilines is 2. The Labute approximate surface area is 142 Å². The maximum absolute atomic E-state index is 14.3. The second-order valence-corrected chi connectivity index (χ2v) is 6.08. The van der Waals surface area contributed by atoms with Gasteiger partial charge in [-0.3, -0.25) is 5.01 Å². The predicted octanol–water partition coefficient (Wildman–Crippen LogP) is 5.34. The van der Waals surface area contributed by atoms with Crippen LogP contribution in [0.3, 0.4) is 0 Å². The molecular formula is C19H21FN2S. The van der Waals surface area contributed by atoms with Crippen LogP contribution in [-0.2, 0) is 0 Å². The van der Waals surface area contributed by atoms with E-state index in [0.717, 1.165) is 18.5 Å². The minimum atomic E-state index is -0.259. The molecule has 1 aliphatic carbocycles. The average Bonchev–Trinajstić information content (AvgIpc) is 2.62. The third-order valence-electron chi connectivity index (χ3n) is 4.37. The smallest absolute Gasteiger partial charge is 0.148 e. The van der Waals surface area contributed by atoms with E-state index < -0.39 is 0 Å². The minimum absolute atomic E-state index is 0.259. The monoisotopic (exact) mass is 328 g/mol. The Balaban J connectivity index is 2.02. The summed E-state index contributed by atoms with van der Waals surface area (Å²) in [6, 6.07) is 17.3. The van der Waals surface area contributed by atoms with Crippen LogP contribution in [-0.4, -0.2) is 11.5 Å². The van der Waals surface area contributed by atoms with Crippen molar-refractivity contribution in [2.45, 2.75) is 38.1 Å². The Morgan fingerprint density at radius 2 is 1.57 bits per heavy atom. The van der Waals surface area contributed by atoms with E-state index in [0.29, 0.717) is 11.7 Å². The van der Waals surface area contributed by atoms with Crippen LogP contribution in [0.1, 0.15) is 32.1 Å². The molecule has 4 heteroatoms. The van der Waals surface area contributed by atoms with Gasteiger partial charge in [0.2, 0.25) is 0 Å². The highest BCUT2D eigenvalue weighted by Gasteiger charge is 2.27. The molecule has 2 aromatic carbocycles. The maximum atomic E-state index is 14.3. The Kier molecular flexibility index (Phi) is 5.23. The molecule has 120 valence electrons. The van der Waals surface area contributed by atoms with Crippen LogP contribution >= 0.6 is 12.2 Å². The van der Waals surface area contributed by atoms with E-state index in [1.54, 1.807) is 22.6 Å². The molecule has 0 radical (unpaired) electrons. The number of hydrazine groups is 1. The van der Waals surface area contributed by atoms with E-state index in [1.165, 1.54) is 25.3 Å². The third kappa shape index (κ3) is 3.53. The molecule has 1 fully saturated rings. The average molecular weight is 328 g/mol. The lowest BCUT2D eigenvalue weighted by atomic mass is 9.94. The van der Waals surface area contributed by atoms with Crippen molar-refractivity contribution in [2.24, 2.45) is 0 Å². The van der Waals surface area contributed by atoms with E-state index in [4.69, 9.17) is 12.2 Å². The molecule has 1 aliphatic rings. The van der Waals surface area contributed by atoms with Crippen molar-refractivity contribution in [3.63, 3.8) is 0 Å². The van der Waals surface area contributed by atoms with Crippen molar-refractivity contribution in [1.29, 1.82) is 0 Å². The fraction of sp³-hybridized carbons (Fsp3) is 0.316. The number of hydrogen-bond acceptors (Lipinski definition) is 2. The molecule has 0 heterocycles. The topological polar surface area (TPSA) is 6.48 Å². The first-order chi connectivity index (χ1) is 11.3. The normalized spacial score (nSPS) is 15.2. The molecule has 0 aliphatic heterocycles. The Hall–Kier alpha value is -1.94. The summed E-state index contributed by atoms with van der Waals surface area (Å²) in [5, 5.41) is 3.94.